The van der Waals surface area contributed by atoms with Gasteiger partial charge in [0.25, 0.3) is 0 Å². The Morgan fingerprint density at radius 1 is 1.24 bits per heavy atom. The van der Waals surface area contributed by atoms with E-state index < -0.39 is 9.84 Å². The van der Waals surface area contributed by atoms with Crippen molar-refractivity contribution in [2.24, 2.45) is 0 Å². The summed E-state index contributed by atoms with van der Waals surface area (Å²) in [6.45, 7) is 0. The average molecular weight is 328 g/mol. The Morgan fingerprint density at radius 3 is 2.62 bits per heavy atom. The van der Waals surface area contributed by atoms with Crippen molar-refractivity contribution in [2.75, 3.05) is 30.6 Å². The molecule has 0 aliphatic carbocycles. The molecule has 2 atom stereocenters. The normalized spacial score (nSPS) is 26.8. The van der Waals surface area contributed by atoms with Crippen LogP contribution in [0, 0.1) is 5.41 Å². The molecule has 0 spiro atoms. The van der Waals surface area contributed by atoms with Gasteiger partial charge in [-0.05, 0) is 12.1 Å². The lowest BCUT2D eigenvalue weighted by Crippen LogP contribution is -2.37. The van der Waals surface area contributed by atoms with E-state index in [4.69, 9.17) is 14.9 Å². The van der Waals surface area contributed by atoms with Crippen molar-refractivity contribution < 1.29 is 17.9 Å². The molecule has 1 aromatic carbocycles. The molecular weight excluding hydrogens is 312 g/mol. The minimum atomic E-state index is -3.01. The van der Waals surface area contributed by atoms with Crippen molar-refractivity contribution >= 4 is 32.5 Å². The lowest BCUT2D eigenvalue weighted by atomic mass is 10.2. The van der Waals surface area contributed by atoms with E-state index in [1.807, 2.05) is 6.07 Å². The molecule has 0 radical (unpaired) electrons. The summed E-state index contributed by atoms with van der Waals surface area (Å²) >= 11 is 1.32. The van der Waals surface area contributed by atoms with E-state index in [-0.39, 0.29) is 22.8 Å². The second-order valence-electron chi connectivity index (χ2n) is 5.01. The van der Waals surface area contributed by atoms with Gasteiger partial charge in [0.2, 0.25) is 0 Å². The highest BCUT2D eigenvalue weighted by Crippen LogP contribution is 2.42. The molecule has 2 saturated heterocycles. The van der Waals surface area contributed by atoms with Crippen molar-refractivity contribution in [3.63, 3.8) is 0 Å². The predicted molar refractivity (Wildman–Crippen MR) is 83.6 cm³/mol. The quantitative estimate of drug-likeness (QED) is 0.902. The van der Waals surface area contributed by atoms with Gasteiger partial charge < -0.3 is 14.4 Å². The molecule has 2 heterocycles. The molecule has 0 aromatic heterocycles. The van der Waals surface area contributed by atoms with E-state index in [9.17, 15) is 8.42 Å². The van der Waals surface area contributed by atoms with Gasteiger partial charge in [-0.3, -0.25) is 5.41 Å². The molecule has 6 nitrogen and oxygen atoms in total. The number of nitrogens with zero attached hydrogens (tertiary/aromatic N) is 1. The van der Waals surface area contributed by atoms with Gasteiger partial charge in [-0.25, -0.2) is 8.42 Å². The van der Waals surface area contributed by atoms with Crippen LogP contribution in [-0.2, 0) is 9.84 Å². The van der Waals surface area contributed by atoms with Crippen LogP contribution in [0.2, 0.25) is 0 Å². The highest BCUT2D eigenvalue weighted by molar-refractivity contribution is 8.15. The van der Waals surface area contributed by atoms with E-state index >= 15 is 0 Å². The van der Waals surface area contributed by atoms with Crippen LogP contribution in [0.25, 0.3) is 0 Å². The topological polar surface area (TPSA) is 79.7 Å². The van der Waals surface area contributed by atoms with Gasteiger partial charge >= 0.3 is 0 Å². The molecule has 8 heteroatoms. The third-order valence-corrected chi connectivity index (χ3v) is 6.86. The first-order chi connectivity index (χ1) is 9.95. The van der Waals surface area contributed by atoms with Crippen molar-refractivity contribution in [3.05, 3.63) is 18.2 Å². The molecule has 2 fully saturated rings. The molecule has 1 aromatic rings. The maximum atomic E-state index is 11.8. The van der Waals surface area contributed by atoms with Crippen molar-refractivity contribution in [2.45, 2.75) is 11.3 Å². The van der Waals surface area contributed by atoms with Crippen molar-refractivity contribution in [1.82, 2.24) is 0 Å². The van der Waals surface area contributed by atoms with Gasteiger partial charge in [0.15, 0.2) is 26.5 Å². The van der Waals surface area contributed by atoms with Crippen LogP contribution in [0.15, 0.2) is 18.2 Å². The highest BCUT2D eigenvalue weighted by Gasteiger charge is 2.48. The first-order valence-electron chi connectivity index (χ1n) is 6.42. The van der Waals surface area contributed by atoms with Gasteiger partial charge in [-0.1, -0.05) is 11.8 Å². The summed E-state index contributed by atoms with van der Waals surface area (Å²) in [4.78, 5) is 1.78. The van der Waals surface area contributed by atoms with Crippen LogP contribution in [0.5, 0.6) is 11.5 Å². The van der Waals surface area contributed by atoms with Crippen LogP contribution < -0.4 is 14.4 Å². The number of sulfone groups is 1. The molecule has 2 aliphatic rings. The third-order valence-electron chi connectivity index (χ3n) is 3.73. The smallest absolute Gasteiger partial charge is 0.162 e. The number of rotatable bonds is 3. The molecule has 2 unspecified atom stereocenters. The maximum absolute atomic E-state index is 11.8. The zero-order valence-corrected chi connectivity index (χ0v) is 13.3. The zero-order chi connectivity index (χ0) is 15.2. The molecule has 1 N–H and O–H groups in total. The van der Waals surface area contributed by atoms with Crippen molar-refractivity contribution in [3.8, 4) is 11.5 Å². The third kappa shape index (κ3) is 2.46. The zero-order valence-electron chi connectivity index (χ0n) is 11.7. The van der Waals surface area contributed by atoms with E-state index in [1.54, 1.807) is 31.3 Å². The summed E-state index contributed by atoms with van der Waals surface area (Å²) in [5.41, 5.74) is 0.759. The fourth-order valence-electron chi connectivity index (χ4n) is 2.78. The van der Waals surface area contributed by atoms with Crippen LogP contribution in [0.3, 0.4) is 0 Å². The highest BCUT2D eigenvalue weighted by atomic mass is 32.2. The molecule has 21 heavy (non-hydrogen) atoms. The summed E-state index contributed by atoms with van der Waals surface area (Å²) < 4.78 is 34.1. The van der Waals surface area contributed by atoms with E-state index in [0.29, 0.717) is 16.7 Å². The molecule has 0 amide bonds. The van der Waals surface area contributed by atoms with Crippen LogP contribution >= 0.6 is 11.8 Å². The largest absolute Gasteiger partial charge is 0.493 e. The van der Waals surface area contributed by atoms with E-state index in [2.05, 4.69) is 0 Å². The van der Waals surface area contributed by atoms with Gasteiger partial charge in [0.05, 0.1) is 31.8 Å². The molecular formula is C13H16N2O4S2. The number of fused-ring (bicyclic) bond motifs is 1. The van der Waals surface area contributed by atoms with Gasteiger partial charge in [-0.15, -0.1) is 0 Å². The fraction of sp³-hybridized carbons (Fsp3) is 0.462. The number of anilines is 1. The Bertz CT molecular complexity index is 689. The molecule has 0 bridgehead atoms. The van der Waals surface area contributed by atoms with E-state index in [0.717, 1.165) is 5.69 Å². The number of hydrogen-bond acceptors (Lipinski definition) is 6. The summed E-state index contributed by atoms with van der Waals surface area (Å²) in [6.07, 6.45) is 0. The fourth-order valence-corrected chi connectivity index (χ4v) is 6.58. The van der Waals surface area contributed by atoms with Crippen LogP contribution in [0.1, 0.15) is 0 Å². The number of amidine groups is 1. The predicted octanol–water partition coefficient (Wildman–Crippen LogP) is 1.36. The van der Waals surface area contributed by atoms with Gasteiger partial charge in [-0.2, -0.15) is 0 Å². The Kier molecular flexibility index (Phi) is 3.53. The monoisotopic (exact) mass is 328 g/mol. The van der Waals surface area contributed by atoms with Crippen LogP contribution in [-0.4, -0.2) is 50.6 Å². The Morgan fingerprint density at radius 2 is 1.95 bits per heavy atom. The Labute approximate surface area is 127 Å². The molecule has 114 valence electrons. The standard InChI is InChI=1S/C13H16N2O4S2/c1-18-10-4-3-8(5-11(10)19-2)15-9-6-21(16,17)7-12(9)20-13(15)14/h3-5,9,12,14H,6-7H2,1-2H3. The summed E-state index contributed by atoms with van der Waals surface area (Å²) in [6, 6.07) is 5.19. The van der Waals surface area contributed by atoms with E-state index in [1.165, 1.54) is 11.8 Å². The minimum Gasteiger partial charge on any atom is -0.493 e. The van der Waals surface area contributed by atoms with Gasteiger partial charge in [0.1, 0.15) is 0 Å². The number of hydrogen-bond donors (Lipinski definition) is 1. The number of ether oxygens (including phenoxy) is 2. The average Bonchev–Trinajstić information content (AvgIpc) is 2.88. The second-order valence-corrected chi connectivity index (χ2v) is 8.40. The number of benzene rings is 1. The van der Waals surface area contributed by atoms with Gasteiger partial charge in [0, 0.05) is 17.0 Å². The molecule has 0 saturated carbocycles. The second kappa shape index (κ2) is 5.10. The van der Waals surface area contributed by atoms with Crippen molar-refractivity contribution in [1.29, 1.82) is 5.41 Å². The lowest BCUT2D eigenvalue weighted by molar-refractivity contribution is 0.355. The summed E-state index contributed by atoms with van der Waals surface area (Å²) in [5, 5.41) is 8.44. The molecule has 3 rings (SSSR count). The van der Waals surface area contributed by atoms with Crippen LogP contribution in [0.4, 0.5) is 5.69 Å². The number of nitrogens with one attached hydrogen (secondary N) is 1. The maximum Gasteiger partial charge on any atom is 0.162 e. The Hall–Kier alpha value is -1.41. The minimum absolute atomic E-state index is 0.0596. The SMILES string of the molecule is COc1ccc(N2C(=N)SC3CS(=O)(=O)CC32)cc1OC. The summed E-state index contributed by atoms with van der Waals surface area (Å²) in [5.74, 6) is 1.42. The number of thioether (sulfide) groups is 1. The first kappa shape index (κ1) is 14.5. The lowest BCUT2D eigenvalue weighted by Gasteiger charge is -2.24. The number of methoxy groups -OCH3 is 2. The first-order valence-corrected chi connectivity index (χ1v) is 9.12. The molecule has 2 aliphatic heterocycles. The summed E-state index contributed by atoms with van der Waals surface area (Å²) in [7, 11) is 0.0970. The Balaban J connectivity index is 1.98.